The maximum Gasteiger partial charge on any atom is 0.254 e. The molecule has 0 spiro atoms. The van der Waals surface area contributed by atoms with Crippen LogP contribution < -0.4 is 0 Å². The van der Waals surface area contributed by atoms with Crippen LogP contribution in [0, 0.1) is 11.6 Å². The molecule has 3 aromatic rings. The van der Waals surface area contributed by atoms with Crippen LogP contribution in [0.5, 0.6) is 0 Å². The number of likely N-dealkylation sites (tertiary alicyclic amines) is 1. The molecule has 138 valence electrons. The van der Waals surface area contributed by atoms with Crippen LogP contribution >= 0.6 is 0 Å². The molecule has 0 bridgehead atoms. The molecule has 1 aromatic heterocycles. The summed E-state index contributed by atoms with van der Waals surface area (Å²) in [5.41, 5.74) is 0.922. The van der Waals surface area contributed by atoms with Gasteiger partial charge in [0.25, 0.3) is 5.91 Å². The van der Waals surface area contributed by atoms with Crippen molar-refractivity contribution in [2.24, 2.45) is 0 Å². The first-order valence-electron chi connectivity index (χ1n) is 8.78. The van der Waals surface area contributed by atoms with Crippen molar-refractivity contribution in [3.8, 4) is 11.4 Å². The monoisotopic (exact) mass is 369 g/mol. The van der Waals surface area contributed by atoms with Crippen molar-refractivity contribution in [2.45, 2.75) is 25.3 Å². The summed E-state index contributed by atoms with van der Waals surface area (Å²) < 4.78 is 32.0. The average molecular weight is 369 g/mol. The van der Waals surface area contributed by atoms with Crippen LogP contribution in [0.2, 0.25) is 0 Å². The lowest BCUT2D eigenvalue weighted by atomic mass is 10.0. The fourth-order valence-electron chi connectivity index (χ4n) is 3.31. The number of nitrogens with zero attached hydrogens (tertiary/aromatic N) is 3. The van der Waals surface area contributed by atoms with Crippen LogP contribution in [0.25, 0.3) is 11.4 Å². The highest BCUT2D eigenvalue weighted by Gasteiger charge is 2.32. The van der Waals surface area contributed by atoms with E-state index in [9.17, 15) is 13.6 Å². The zero-order valence-corrected chi connectivity index (χ0v) is 14.4. The summed E-state index contributed by atoms with van der Waals surface area (Å²) in [5.74, 6) is -0.373. The van der Waals surface area contributed by atoms with E-state index in [0.717, 1.165) is 12.8 Å². The molecule has 2 heterocycles. The normalized spacial score (nSPS) is 17.1. The zero-order valence-electron chi connectivity index (χ0n) is 14.4. The molecule has 5 nitrogen and oxygen atoms in total. The first-order valence-corrected chi connectivity index (χ1v) is 8.78. The molecule has 1 aliphatic rings. The maximum absolute atomic E-state index is 13.4. The Labute approximate surface area is 154 Å². The Morgan fingerprint density at radius 1 is 1.07 bits per heavy atom. The van der Waals surface area contributed by atoms with Gasteiger partial charge >= 0.3 is 0 Å². The van der Waals surface area contributed by atoms with Crippen LogP contribution in [0.15, 0.2) is 53.1 Å². The second kappa shape index (κ2) is 7.26. The summed E-state index contributed by atoms with van der Waals surface area (Å²) in [4.78, 5) is 18.9. The number of piperidine rings is 1. The van der Waals surface area contributed by atoms with Gasteiger partial charge in [0.1, 0.15) is 17.7 Å². The Morgan fingerprint density at radius 3 is 2.67 bits per heavy atom. The van der Waals surface area contributed by atoms with Crippen LogP contribution in [0.1, 0.15) is 41.6 Å². The second-order valence-electron chi connectivity index (χ2n) is 6.48. The molecule has 27 heavy (non-hydrogen) atoms. The number of amides is 1. The van der Waals surface area contributed by atoms with Crippen LogP contribution in [-0.4, -0.2) is 27.5 Å². The number of hydrogen-bond donors (Lipinski definition) is 0. The molecule has 0 N–H and O–H groups in total. The Morgan fingerprint density at radius 2 is 1.89 bits per heavy atom. The third kappa shape index (κ3) is 3.58. The number of aromatic nitrogens is 2. The summed E-state index contributed by atoms with van der Waals surface area (Å²) in [6.45, 7) is 0.554. The van der Waals surface area contributed by atoms with Gasteiger partial charge in [0, 0.05) is 17.7 Å². The Balaban J connectivity index is 1.61. The Kier molecular flexibility index (Phi) is 4.66. The maximum atomic E-state index is 13.4. The molecule has 1 amide bonds. The van der Waals surface area contributed by atoms with Crippen molar-refractivity contribution in [2.75, 3.05) is 6.54 Å². The Bertz CT molecular complexity index is 956. The van der Waals surface area contributed by atoms with Gasteiger partial charge in [-0.15, -0.1) is 0 Å². The molecular formula is C20H17F2N3O2. The van der Waals surface area contributed by atoms with Gasteiger partial charge < -0.3 is 9.42 Å². The lowest BCUT2D eigenvalue weighted by molar-refractivity contribution is 0.0561. The fourth-order valence-corrected chi connectivity index (χ4v) is 3.31. The van der Waals surface area contributed by atoms with E-state index >= 15 is 0 Å². The van der Waals surface area contributed by atoms with Crippen molar-refractivity contribution < 1.29 is 18.1 Å². The van der Waals surface area contributed by atoms with Gasteiger partial charge in [-0.1, -0.05) is 17.3 Å². The van der Waals surface area contributed by atoms with Gasteiger partial charge in [-0.3, -0.25) is 4.79 Å². The lowest BCUT2D eigenvalue weighted by Crippen LogP contribution is -2.38. The van der Waals surface area contributed by atoms with E-state index in [2.05, 4.69) is 10.1 Å². The van der Waals surface area contributed by atoms with Gasteiger partial charge in [-0.05, 0) is 55.7 Å². The van der Waals surface area contributed by atoms with Gasteiger partial charge in [0.15, 0.2) is 0 Å². The number of rotatable bonds is 3. The highest BCUT2D eigenvalue weighted by molar-refractivity contribution is 5.94. The SMILES string of the molecule is O=C(c1ccc(F)cc1)N1CCCC[C@@H]1c1nc(-c2cccc(F)c2)no1. The van der Waals surface area contributed by atoms with Crippen molar-refractivity contribution in [3.63, 3.8) is 0 Å². The molecule has 2 aromatic carbocycles. The van der Waals surface area contributed by atoms with Crippen molar-refractivity contribution in [1.82, 2.24) is 15.0 Å². The van der Waals surface area contributed by atoms with Gasteiger partial charge in [0.2, 0.25) is 11.7 Å². The minimum Gasteiger partial charge on any atom is -0.337 e. The predicted octanol–water partition coefficient (Wildman–Crippen LogP) is 4.38. The lowest BCUT2D eigenvalue weighted by Gasteiger charge is -2.33. The highest BCUT2D eigenvalue weighted by atomic mass is 19.1. The van der Waals surface area contributed by atoms with Crippen molar-refractivity contribution in [3.05, 3.63) is 71.6 Å². The second-order valence-corrected chi connectivity index (χ2v) is 6.48. The van der Waals surface area contributed by atoms with Crippen LogP contribution in [0.4, 0.5) is 8.78 Å². The molecule has 0 radical (unpaired) electrons. The number of carbonyl (C=O) groups is 1. The van der Waals surface area contributed by atoms with Gasteiger partial charge in [-0.2, -0.15) is 4.98 Å². The number of halogens is 2. The van der Waals surface area contributed by atoms with Crippen molar-refractivity contribution >= 4 is 5.91 Å². The molecule has 1 atom stereocenters. The summed E-state index contributed by atoms with van der Waals surface area (Å²) >= 11 is 0. The summed E-state index contributed by atoms with van der Waals surface area (Å²) in [5, 5.41) is 3.94. The summed E-state index contributed by atoms with van der Waals surface area (Å²) in [6, 6.07) is 11.1. The quantitative estimate of drug-likeness (QED) is 0.687. The van der Waals surface area contributed by atoms with E-state index < -0.39 is 5.82 Å². The predicted molar refractivity (Wildman–Crippen MR) is 93.7 cm³/mol. The molecule has 1 fully saturated rings. The van der Waals surface area contributed by atoms with Gasteiger partial charge in [0.05, 0.1) is 0 Å². The molecule has 7 heteroatoms. The van der Waals surface area contributed by atoms with E-state index in [4.69, 9.17) is 4.52 Å². The number of hydrogen-bond acceptors (Lipinski definition) is 4. The first kappa shape index (κ1) is 17.3. The average Bonchev–Trinajstić information content (AvgIpc) is 3.18. The smallest absolute Gasteiger partial charge is 0.254 e. The minimum absolute atomic E-state index is 0.204. The zero-order chi connectivity index (χ0) is 18.8. The third-order valence-electron chi connectivity index (χ3n) is 4.66. The standard InChI is InChI=1S/C20H17F2N3O2/c21-15-9-7-13(8-10-15)20(26)25-11-2-1-6-17(25)19-23-18(24-27-19)14-4-3-5-16(22)12-14/h3-5,7-10,12,17H,1-2,6,11H2/t17-/m1/s1. The molecule has 1 saturated heterocycles. The Hall–Kier alpha value is -3.09. The topological polar surface area (TPSA) is 59.2 Å². The first-order chi connectivity index (χ1) is 13.1. The van der Waals surface area contributed by atoms with E-state index in [1.807, 2.05) is 0 Å². The summed E-state index contributed by atoms with van der Waals surface area (Å²) in [6.07, 6.45) is 2.49. The van der Waals surface area contributed by atoms with E-state index in [1.165, 1.54) is 36.4 Å². The van der Waals surface area contributed by atoms with Crippen LogP contribution in [0.3, 0.4) is 0 Å². The molecule has 1 aliphatic heterocycles. The third-order valence-corrected chi connectivity index (χ3v) is 4.66. The molecule has 0 unspecified atom stereocenters. The minimum atomic E-state index is -0.390. The van der Waals surface area contributed by atoms with E-state index in [0.29, 0.717) is 30.0 Å². The fraction of sp³-hybridized carbons (Fsp3) is 0.250. The number of carbonyl (C=O) groups excluding carboxylic acids is 1. The van der Waals surface area contributed by atoms with Gasteiger partial charge in [-0.25, -0.2) is 8.78 Å². The summed E-state index contributed by atoms with van der Waals surface area (Å²) in [7, 11) is 0. The molecule has 4 rings (SSSR count). The van der Waals surface area contributed by atoms with E-state index in [-0.39, 0.29) is 23.6 Å². The van der Waals surface area contributed by atoms with Crippen LogP contribution in [-0.2, 0) is 0 Å². The highest BCUT2D eigenvalue weighted by Crippen LogP contribution is 2.32. The van der Waals surface area contributed by atoms with Crippen molar-refractivity contribution in [1.29, 1.82) is 0 Å². The molecule has 0 aliphatic carbocycles. The van der Waals surface area contributed by atoms with E-state index in [1.54, 1.807) is 17.0 Å². The largest absolute Gasteiger partial charge is 0.337 e. The number of benzene rings is 2. The molecule has 0 saturated carbocycles. The molecular weight excluding hydrogens is 352 g/mol.